The van der Waals surface area contributed by atoms with Crippen molar-refractivity contribution in [3.8, 4) is 11.5 Å². The van der Waals surface area contributed by atoms with E-state index >= 15 is 0 Å². The Morgan fingerprint density at radius 2 is 1.87 bits per heavy atom. The molecular weight excluding hydrogens is 440 g/mol. The molecule has 1 heterocycles. The molecule has 164 valence electrons. The van der Waals surface area contributed by atoms with Crippen molar-refractivity contribution >= 4 is 32.4 Å². The molecule has 0 unspecified atom stereocenters. The van der Waals surface area contributed by atoms with Crippen LogP contribution in [-0.4, -0.2) is 44.3 Å². The molecule has 1 atom stereocenters. The molecule has 0 radical (unpaired) electrons. The summed E-state index contributed by atoms with van der Waals surface area (Å²) >= 11 is 0.764. The largest absolute Gasteiger partial charge is 0.493 e. The van der Waals surface area contributed by atoms with Gasteiger partial charge in [-0.2, -0.15) is 0 Å². The fraction of sp³-hybridized carbons (Fsp3) is 0.250. The molecule has 0 spiro atoms. The molecular formula is C20H22N4O5S2. The molecule has 1 amide bonds. The highest BCUT2D eigenvalue weighted by Gasteiger charge is 2.23. The fourth-order valence-corrected chi connectivity index (χ4v) is 4.77. The number of carbonyl (C=O) groups excluding carboxylic acids is 1. The Kier molecular flexibility index (Phi) is 7.21. The third-order valence-electron chi connectivity index (χ3n) is 4.05. The maximum atomic E-state index is 12.6. The van der Waals surface area contributed by atoms with E-state index in [1.807, 2.05) is 19.1 Å². The second-order valence-corrected chi connectivity index (χ2v) is 9.55. The summed E-state index contributed by atoms with van der Waals surface area (Å²) in [5.41, 5.74) is 1.38. The number of carbonyl (C=O) groups is 1. The fourth-order valence-electron chi connectivity index (χ4n) is 2.63. The zero-order valence-electron chi connectivity index (χ0n) is 17.2. The number of benzene rings is 2. The number of aryl methyl sites for hydroxylation is 1. The summed E-state index contributed by atoms with van der Waals surface area (Å²) in [6, 6.07) is 13.5. The van der Waals surface area contributed by atoms with Crippen LogP contribution in [0, 0.1) is 6.92 Å². The highest BCUT2D eigenvalue weighted by molar-refractivity contribution is 7.91. The quantitative estimate of drug-likeness (QED) is 0.469. The molecule has 9 nitrogen and oxygen atoms in total. The molecule has 11 heteroatoms. The number of para-hydroxylation sites is 2. The van der Waals surface area contributed by atoms with Gasteiger partial charge in [-0.3, -0.25) is 10.1 Å². The third kappa shape index (κ3) is 6.00. The Balaban J connectivity index is 1.60. The molecule has 0 aliphatic carbocycles. The Morgan fingerprint density at radius 1 is 1.13 bits per heavy atom. The number of hydrogen-bond donors (Lipinski definition) is 2. The van der Waals surface area contributed by atoms with Crippen LogP contribution in [0.4, 0.5) is 5.13 Å². The zero-order valence-corrected chi connectivity index (χ0v) is 18.8. The minimum atomic E-state index is -3.93. The van der Waals surface area contributed by atoms with E-state index in [1.54, 1.807) is 43.3 Å². The van der Waals surface area contributed by atoms with Gasteiger partial charge in [0.25, 0.3) is 15.9 Å². The monoisotopic (exact) mass is 462 g/mol. The van der Waals surface area contributed by atoms with E-state index in [1.165, 1.54) is 7.11 Å². The van der Waals surface area contributed by atoms with Crippen LogP contribution in [0.5, 0.6) is 11.5 Å². The molecule has 3 rings (SSSR count). The Hall–Kier alpha value is -3.02. The van der Waals surface area contributed by atoms with Gasteiger partial charge in [-0.15, -0.1) is 10.2 Å². The van der Waals surface area contributed by atoms with Crippen LogP contribution in [0.1, 0.15) is 22.8 Å². The van der Waals surface area contributed by atoms with Crippen molar-refractivity contribution in [2.75, 3.05) is 19.0 Å². The first-order chi connectivity index (χ1) is 14.8. The second kappa shape index (κ2) is 9.86. The lowest BCUT2D eigenvalue weighted by Crippen LogP contribution is -2.36. The summed E-state index contributed by atoms with van der Waals surface area (Å²) in [6.07, 6.45) is 0. The predicted molar refractivity (Wildman–Crippen MR) is 117 cm³/mol. The van der Waals surface area contributed by atoms with Crippen LogP contribution in [0.3, 0.4) is 0 Å². The molecule has 0 aliphatic rings. The van der Waals surface area contributed by atoms with Gasteiger partial charge in [-0.25, -0.2) is 13.1 Å². The van der Waals surface area contributed by atoms with Crippen LogP contribution in [0.25, 0.3) is 0 Å². The summed E-state index contributed by atoms with van der Waals surface area (Å²) in [4.78, 5) is 12.3. The standard InChI is InChI=1S/C20H22N4O5S2/c1-13-7-6-8-15(11-13)18(25)21-19-22-23-20(30-19)31(26,27)24-14(2)12-29-17-10-5-4-9-16(17)28-3/h4-11,14,24H,12H2,1-3H3,(H,21,22,25)/t14-/m0/s1. The number of methoxy groups -OCH3 is 1. The number of nitrogens with zero attached hydrogens (tertiary/aromatic N) is 2. The van der Waals surface area contributed by atoms with E-state index in [4.69, 9.17) is 9.47 Å². The van der Waals surface area contributed by atoms with Crippen molar-refractivity contribution in [2.24, 2.45) is 0 Å². The summed E-state index contributed by atoms with van der Waals surface area (Å²) in [6.45, 7) is 3.61. The number of ether oxygens (including phenoxy) is 2. The average molecular weight is 463 g/mol. The van der Waals surface area contributed by atoms with Crippen molar-refractivity contribution in [1.82, 2.24) is 14.9 Å². The normalized spacial score (nSPS) is 12.2. The van der Waals surface area contributed by atoms with Gasteiger partial charge in [0.2, 0.25) is 9.47 Å². The molecule has 0 aliphatic heterocycles. The molecule has 0 saturated carbocycles. The van der Waals surface area contributed by atoms with Crippen molar-refractivity contribution in [3.63, 3.8) is 0 Å². The number of amides is 1. The molecule has 2 aromatic carbocycles. The number of rotatable bonds is 9. The Bertz CT molecular complexity index is 1160. The summed E-state index contributed by atoms with van der Waals surface area (Å²) in [5, 5.41) is 10.1. The van der Waals surface area contributed by atoms with Crippen LogP contribution < -0.4 is 19.5 Å². The van der Waals surface area contributed by atoms with Gasteiger partial charge in [-0.1, -0.05) is 41.2 Å². The lowest BCUT2D eigenvalue weighted by molar-refractivity contribution is 0.102. The topological polar surface area (TPSA) is 120 Å². The van der Waals surface area contributed by atoms with Gasteiger partial charge in [-0.05, 0) is 38.1 Å². The maximum absolute atomic E-state index is 12.6. The minimum Gasteiger partial charge on any atom is -0.493 e. The van der Waals surface area contributed by atoms with Gasteiger partial charge in [0.1, 0.15) is 6.61 Å². The zero-order chi connectivity index (χ0) is 22.4. The van der Waals surface area contributed by atoms with E-state index in [0.29, 0.717) is 17.1 Å². The molecule has 3 aromatic rings. The van der Waals surface area contributed by atoms with Crippen LogP contribution in [-0.2, 0) is 10.0 Å². The third-order valence-corrected chi connectivity index (χ3v) is 6.85. The summed E-state index contributed by atoms with van der Waals surface area (Å²) < 4.78 is 38.3. The molecule has 2 N–H and O–H groups in total. The van der Waals surface area contributed by atoms with E-state index < -0.39 is 22.0 Å². The minimum absolute atomic E-state index is 0.0787. The van der Waals surface area contributed by atoms with Gasteiger partial charge < -0.3 is 9.47 Å². The van der Waals surface area contributed by atoms with Crippen LogP contribution >= 0.6 is 11.3 Å². The van der Waals surface area contributed by atoms with Crippen molar-refractivity contribution in [3.05, 3.63) is 59.7 Å². The first-order valence-electron chi connectivity index (χ1n) is 9.28. The number of sulfonamides is 1. The van der Waals surface area contributed by atoms with E-state index in [9.17, 15) is 13.2 Å². The van der Waals surface area contributed by atoms with Gasteiger partial charge in [0, 0.05) is 5.56 Å². The average Bonchev–Trinajstić information content (AvgIpc) is 3.21. The SMILES string of the molecule is COc1ccccc1OC[C@H](C)NS(=O)(=O)c1nnc(NC(=O)c2cccc(C)c2)s1. The predicted octanol–water partition coefficient (Wildman–Crippen LogP) is 2.85. The van der Waals surface area contributed by atoms with Crippen molar-refractivity contribution < 1.29 is 22.7 Å². The maximum Gasteiger partial charge on any atom is 0.270 e. The van der Waals surface area contributed by atoms with E-state index in [2.05, 4.69) is 20.2 Å². The van der Waals surface area contributed by atoms with Gasteiger partial charge >= 0.3 is 0 Å². The van der Waals surface area contributed by atoms with E-state index in [-0.39, 0.29) is 16.1 Å². The number of anilines is 1. The second-order valence-electron chi connectivity index (χ2n) is 6.68. The van der Waals surface area contributed by atoms with Gasteiger partial charge in [0.05, 0.1) is 13.2 Å². The molecule has 0 bridgehead atoms. The van der Waals surface area contributed by atoms with Crippen LogP contribution in [0.15, 0.2) is 52.9 Å². The summed E-state index contributed by atoms with van der Waals surface area (Å²) in [5.74, 6) is 0.666. The Morgan fingerprint density at radius 3 is 2.58 bits per heavy atom. The highest BCUT2D eigenvalue weighted by atomic mass is 32.2. The lowest BCUT2D eigenvalue weighted by atomic mass is 10.1. The first kappa shape index (κ1) is 22.7. The van der Waals surface area contributed by atoms with Crippen LogP contribution in [0.2, 0.25) is 0 Å². The Labute approximate surface area is 184 Å². The smallest absolute Gasteiger partial charge is 0.270 e. The van der Waals surface area contributed by atoms with Crippen molar-refractivity contribution in [1.29, 1.82) is 0 Å². The summed E-state index contributed by atoms with van der Waals surface area (Å²) in [7, 11) is -2.41. The lowest BCUT2D eigenvalue weighted by Gasteiger charge is -2.15. The number of nitrogens with one attached hydrogen (secondary N) is 2. The number of hydrogen-bond acceptors (Lipinski definition) is 8. The van der Waals surface area contributed by atoms with E-state index in [0.717, 1.165) is 16.9 Å². The molecule has 1 aromatic heterocycles. The van der Waals surface area contributed by atoms with Gasteiger partial charge in [0.15, 0.2) is 11.5 Å². The first-order valence-corrected chi connectivity index (χ1v) is 11.6. The molecule has 0 fully saturated rings. The molecule has 0 saturated heterocycles. The highest BCUT2D eigenvalue weighted by Crippen LogP contribution is 2.26. The van der Waals surface area contributed by atoms with Crippen molar-refractivity contribution in [2.45, 2.75) is 24.2 Å². The molecule has 31 heavy (non-hydrogen) atoms. The number of aromatic nitrogens is 2.